The Bertz CT molecular complexity index is 1490. The highest BCUT2D eigenvalue weighted by atomic mass is 32.1. The number of aromatic amines is 1. The third-order valence-electron chi connectivity index (χ3n) is 5.60. The largest absolute Gasteiger partial charge is 0.496 e. The molecule has 170 valence electrons. The lowest BCUT2D eigenvalue weighted by atomic mass is 10.0. The Kier molecular flexibility index (Phi) is 5.92. The number of hydrogen-bond donors (Lipinski definition) is 3. The second-order valence-electron chi connectivity index (χ2n) is 7.73. The van der Waals surface area contributed by atoms with E-state index in [0.717, 1.165) is 26.6 Å². The van der Waals surface area contributed by atoms with Crippen LogP contribution in [0.5, 0.6) is 5.75 Å². The van der Waals surface area contributed by atoms with Crippen molar-refractivity contribution in [3.63, 3.8) is 0 Å². The molecule has 0 aliphatic heterocycles. The van der Waals surface area contributed by atoms with Crippen LogP contribution in [0.4, 0.5) is 0 Å². The van der Waals surface area contributed by atoms with Crippen LogP contribution in [0.1, 0.15) is 32.3 Å². The van der Waals surface area contributed by atoms with Crippen molar-refractivity contribution in [1.29, 1.82) is 0 Å². The maximum Gasteiger partial charge on any atom is 0.251 e. The monoisotopic (exact) mass is 471 g/mol. The van der Waals surface area contributed by atoms with Gasteiger partial charge >= 0.3 is 0 Å². The number of rotatable bonds is 7. The number of amides is 2. The van der Waals surface area contributed by atoms with Crippen molar-refractivity contribution in [3.05, 3.63) is 89.7 Å². The van der Waals surface area contributed by atoms with Crippen LogP contribution in [0.15, 0.2) is 73.1 Å². The Morgan fingerprint density at radius 1 is 1.00 bits per heavy atom. The summed E-state index contributed by atoms with van der Waals surface area (Å²) in [7, 11) is 1.58. The summed E-state index contributed by atoms with van der Waals surface area (Å²) in [6.45, 7) is 0.179. The number of nitrogens with one attached hydrogen (secondary N) is 3. The van der Waals surface area contributed by atoms with Crippen LogP contribution in [-0.4, -0.2) is 40.0 Å². The number of fused-ring (bicyclic) bond motifs is 2. The first-order valence-corrected chi connectivity index (χ1v) is 11.4. The molecular weight excluding hydrogens is 450 g/mol. The molecule has 0 fully saturated rings. The van der Waals surface area contributed by atoms with Gasteiger partial charge in [0.15, 0.2) is 0 Å². The fourth-order valence-corrected chi connectivity index (χ4v) is 4.45. The smallest absolute Gasteiger partial charge is 0.251 e. The summed E-state index contributed by atoms with van der Waals surface area (Å²) in [5.74, 6) is 0.124. The maximum absolute atomic E-state index is 13.1. The Morgan fingerprint density at radius 3 is 2.68 bits per heavy atom. The summed E-state index contributed by atoms with van der Waals surface area (Å²) in [4.78, 5) is 26.0. The average molecular weight is 472 g/mol. The van der Waals surface area contributed by atoms with Crippen LogP contribution in [0.3, 0.4) is 0 Å². The second kappa shape index (κ2) is 9.32. The first-order valence-electron chi connectivity index (χ1n) is 10.6. The molecule has 8 nitrogen and oxygen atoms in total. The minimum atomic E-state index is -0.515. The van der Waals surface area contributed by atoms with Crippen LogP contribution in [-0.2, 0) is 0 Å². The number of para-hydroxylation sites is 1. The summed E-state index contributed by atoms with van der Waals surface area (Å²) < 4.78 is 10.7. The molecule has 2 aromatic heterocycles. The van der Waals surface area contributed by atoms with Crippen molar-refractivity contribution in [2.24, 2.45) is 0 Å². The first-order chi connectivity index (χ1) is 16.6. The number of H-pyrrole nitrogens is 1. The van der Waals surface area contributed by atoms with Crippen LogP contribution in [0.25, 0.3) is 21.0 Å². The zero-order chi connectivity index (χ0) is 23.5. The number of methoxy groups -OCH3 is 1. The summed E-state index contributed by atoms with van der Waals surface area (Å²) in [6.07, 6.45) is 3.41. The number of ether oxygens (including phenoxy) is 1. The topological polar surface area (TPSA) is 109 Å². The van der Waals surface area contributed by atoms with Crippen molar-refractivity contribution < 1.29 is 14.3 Å². The average Bonchev–Trinajstić information content (AvgIpc) is 3.54. The van der Waals surface area contributed by atoms with E-state index >= 15 is 0 Å². The van der Waals surface area contributed by atoms with Gasteiger partial charge in [0.2, 0.25) is 0 Å². The summed E-state index contributed by atoms with van der Waals surface area (Å²) in [5, 5.41) is 14.6. The third-order valence-corrected chi connectivity index (χ3v) is 6.38. The van der Waals surface area contributed by atoms with Crippen LogP contribution >= 0.6 is 11.5 Å². The Morgan fingerprint density at radius 2 is 1.79 bits per heavy atom. The van der Waals surface area contributed by atoms with Gasteiger partial charge in [-0.1, -0.05) is 18.2 Å². The molecular formula is C25H21N5O3S. The van der Waals surface area contributed by atoms with Gasteiger partial charge in [0.05, 0.1) is 29.6 Å². The molecule has 5 rings (SSSR count). The van der Waals surface area contributed by atoms with Gasteiger partial charge < -0.3 is 15.4 Å². The molecule has 5 aromatic rings. The van der Waals surface area contributed by atoms with E-state index in [1.54, 1.807) is 37.7 Å². The lowest BCUT2D eigenvalue weighted by molar-refractivity contribution is 0.0908. The minimum absolute atomic E-state index is 0.179. The van der Waals surface area contributed by atoms with E-state index in [9.17, 15) is 9.59 Å². The van der Waals surface area contributed by atoms with Crippen molar-refractivity contribution >= 4 is 44.3 Å². The minimum Gasteiger partial charge on any atom is -0.496 e. The van der Waals surface area contributed by atoms with Crippen molar-refractivity contribution in [2.45, 2.75) is 6.04 Å². The molecule has 1 atom stereocenters. The van der Waals surface area contributed by atoms with E-state index in [0.29, 0.717) is 16.9 Å². The maximum atomic E-state index is 13.1. The number of benzene rings is 3. The highest BCUT2D eigenvalue weighted by Gasteiger charge is 2.21. The lowest BCUT2D eigenvalue weighted by Gasteiger charge is -2.22. The van der Waals surface area contributed by atoms with Gasteiger partial charge in [-0.2, -0.15) is 9.47 Å². The highest BCUT2D eigenvalue weighted by Crippen LogP contribution is 2.25. The number of nitrogens with zero attached hydrogens (tertiary/aromatic N) is 2. The predicted octanol–water partition coefficient (Wildman–Crippen LogP) is 4.08. The van der Waals surface area contributed by atoms with E-state index in [2.05, 4.69) is 25.2 Å². The van der Waals surface area contributed by atoms with Crippen LogP contribution < -0.4 is 15.4 Å². The Balaban J connectivity index is 1.38. The summed E-state index contributed by atoms with van der Waals surface area (Å²) >= 11 is 1.38. The standard InChI is InChI=1S/C25H21N5O3S/c1-33-22-5-3-2-4-19(22)21(29-25(32)16-6-8-20-17(10-16)12-27-30-20)14-26-24(31)15-7-9-23-18(11-15)13-28-34-23/h2-13,21H,14H2,1H3,(H,26,31)(H,27,30)(H,29,32). The molecule has 0 saturated heterocycles. The number of hydrogen-bond acceptors (Lipinski definition) is 6. The van der Waals surface area contributed by atoms with Gasteiger partial charge in [-0.3, -0.25) is 14.7 Å². The molecule has 0 spiro atoms. The van der Waals surface area contributed by atoms with E-state index < -0.39 is 6.04 Å². The second-order valence-corrected chi connectivity index (χ2v) is 8.56. The van der Waals surface area contributed by atoms with E-state index in [-0.39, 0.29) is 18.4 Å². The lowest BCUT2D eigenvalue weighted by Crippen LogP contribution is -2.38. The zero-order valence-electron chi connectivity index (χ0n) is 18.2. The normalized spacial score (nSPS) is 11.9. The van der Waals surface area contributed by atoms with Gasteiger partial charge in [0.1, 0.15) is 5.75 Å². The fourth-order valence-electron chi connectivity index (χ4n) is 3.83. The Hall–Kier alpha value is -4.24. The number of aromatic nitrogens is 3. The molecule has 2 amide bonds. The quantitative estimate of drug-likeness (QED) is 0.331. The van der Waals surface area contributed by atoms with Crippen molar-refractivity contribution in [1.82, 2.24) is 25.2 Å². The van der Waals surface area contributed by atoms with Crippen molar-refractivity contribution in [3.8, 4) is 5.75 Å². The molecule has 1 unspecified atom stereocenters. The van der Waals surface area contributed by atoms with E-state index in [1.165, 1.54) is 11.5 Å². The SMILES string of the molecule is COc1ccccc1C(CNC(=O)c1ccc2sncc2c1)NC(=O)c1ccc2[nH]ncc2c1. The molecule has 0 bridgehead atoms. The molecule has 9 heteroatoms. The molecule has 0 aliphatic rings. The molecule has 2 heterocycles. The summed E-state index contributed by atoms with van der Waals surface area (Å²) in [5.41, 5.74) is 2.64. The number of carbonyl (C=O) groups is 2. The third kappa shape index (κ3) is 4.33. The molecule has 0 saturated carbocycles. The molecule has 3 aromatic carbocycles. The van der Waals surface area contributed by atoms with Gasteiger partial charge in [0, 0.05) is 40.2 Å². The van der Waals surface area contributed by atoms with Crippen molar-refractivity contribution in [2.75, 3.05) is 13.7 Å². The van der Waals surface area contributed by atoms with E-state index in [1.807, 2.05) is 42.5 Å². The number of carbonyl (C=O) groups excluding carboxylic acids is 2. The predicted molar refractivity (Wildman–Crippen MR) is 131 cm³/mol. The first kappa shape index (κ1) is 21.6. The summed E-state index contributed by atoms with van der Waals surface area (Å²) in [6, 6.07) is 17.7. The van der Waals surface area contributed by atoms with Gasteiger partial charge in [-0.05, 0) is 54.0 Å². The van der Waals surface area contributed by atoms with Crippen LogP contribution in [0.2, 0.25) is 0 Å². The molecule has 0 radical (unpaired) electrons. The van der Waals surface area contributed by atoms with E-state index in [4.69, 9.17) is 4.74 Å². The molecule has 3 N–H and O–H groups in total. The van der Waals surface area contributed by atoms with Gasteiger partial charge in [-0.15, -0.1) is 0 Å². The fraction of sp³-hybridized carbons (Fsp3) is 0.120. The molecule has 0 aliphatic carbocycles. The highest BCUT2D eigenvalue weighted by molar-refractivity contribution is 7.13. The zero-order valence-corrected chi connectivity index (χ0v) is 19.1. The van der Waals surface area contributed by atoms with Gasteiger partial charge in [-0.25, -0.2) is 0 Å². The Labute approximate surface area is 199 Å². The molecule has 34 heavy (non-hydrogen) atoms. The van der Waals surface area contributed by atoms with Crippen LogP contribution in [0, 0.1) is 0 Å². The van der Waals surface area contributed by atoms with Gasteiger partial charge in [0.25, 0.3) is 11.8 Å².